The largest absolute Gasteiger partial charge is 0.493 e. The lowest BCUT2D eigenvalue weighted by Crippen LogP contribution is -2.48. The van der Waals surface area contributed by atoms with Gasteiger partial charge in [0.15, 0.2) is 0 Å². The Morgan fingerprint density at radius 2 is 1.96 bits per heavy atom. The second-order valence-electron chi connectivity index (χ2n) is 6.74. The lowest BCUT2D eigenvalue weighted by molar-refractivity contribution is -0.124. The topological polar surface area (TPSA) is 94.5 Å². The maximum atomic E-state index is 12.0. The molecule has 0 unspecified atom stereocenters. The molecular formula is C21H22N4O3. The second-order valence-corrected chi connectivity index (χ2v) is 6.74. The molecule has 0 saturated carbocycles. The fourth-order valence-corrected chi connectivity index (χ4v) is 3.56. The van der Waals surface area contributed by atoms with Gasteiger partial charge in [-0.05, 0) is 36.6 Å². The first-order valence-electron chi connectivity index (χ1n) is 9.30. The van der Waals surface area contributed by atoms with Crippen molar-refractivity contribution in [2.75, 3.05) is 6.61 Å². The van der Waals surface area contributed by atoms with Gasteiger partial charge in [0, 0.05) is 6.54 Å². The summed E-state index contributed by atoms with van der Waals surface area (Å²) < 4.78 is 11.1. The molecule has 7 heteroatoms. The highest BCUT2D eigenvalue weighted by Gasteiger charge is 2.31. The Bertz CT molecular complexity index is 985. The first-order chi connectivity index (χ1) is 13.7. The van der Waals surface area contributed by atoms with E-state index in [1.54, 1.807) is 0 Å². The van der Waals surface area contributed by atoms with Crippen LogP contribution in [0.1, 0.15) is 23.9 Å². The van der Waals surface area contributed by atoms with Gasteiger partial charge in [0.1, 0.15) is 5.75 Å². The molecule has 4 rings (SSSR count). The summed E-state index contributed by atoms with van der Waals surface area (Å²) in [6, 6.07) is 15.2. The molecule has 3 aromatic rings. The SMILES string of the molecule is CCOc1ccccc1-c1noc(CN2Cc3ccccc3C[C@H]2C(N)=O)n1. The number of amides is 1. The molecule has 0 bridgehead atoms. The normalized spacial score (nSPS) is 16.5. The van der Waals surface area contributed by atoms with Gasteiger partial charge in [-0.25, -0.2) is 0 Å². The summed E-state index contributed by atoms with van der Waals surface area (Å²) in [7, 11) is 0. The van der Waals surface area contributed by atoms with E-state index in [-0.39, 0.29) is 5.91 Å². The highest BCUT2D eigenvalue weighted by molar-refractivity contribution is 5.80. The fraction of sp³-hybridized carbons (Fsp3) is 0.286. The second kappa shape index (κ2) is 7.82. The third kappa shape index (κ3) is 3.61. The third-order valence-corrected chi connectivity index (χ3v) is 4.91. The van der Waals surface area contributed by atoms with Crippen LogP contribution in [0.4, 0.5) is 0 Å². The minimum absolute atomic E-state index is 0.351. The van der Waals surface area contributed by atoms with Gasteiger partial charge in [-0.15, -0.1) is 0 Å². The Morgan fingerprint density at radius 3 is 2.75 bits per heavy atom. The van der Waals surface area contributed by atoms with E-state index in [0.29, 0.717) is 43.6 Å². The standard InChI is InChI=1S/C21H22N4O3/c1-2-27-18-10-6-5-9-16(18)21-23-19(28-24-21)13-25-12-15-8-4-3-7-14(15)11-17(25)20(22)26/h3-10,17H,2,11-13H2,1H3,(H2,22,26)/t17-/m0/s1. The van der Waals surface area contributed by atoms with Gasteiger partial charge in [0.25, 0.3) is 0 Å². The number of rotatable bonds is 6. The lowest BCUT2D eigenvalue weighted by atomic mass is 9.93. The quantitative estimate of drug-likeness (QED) is 0.708. The molecule has 1 aliphatic heterocycles. The number of fused-ring (bicyclic) bond motifs is 1. The van der Waals surface area contributed by atoms with Crippen LogP contribution in [-0.4, -0.2) is 33.6 Å². The van der Waals surface area contributed by atoms with Crippen molar-refractivity contribution in [3.8, 4) is 17.1 Å². The molecule has 7 nitrogen and oxygen atoms in total. The van der Waals surface area contributed by atoms with E-state index < -0.39 is 6.04 Å². The van der Waals surface area contributed by atoms with Gasteiger partial charge in [-0.2, -0.15) is 4.98 Å². The van der Waals surface area contributed by atoms with Crippen molar-refractivity contribution in [3.05, 3.63) is 65.5 Å². The molecule has 28 heavy (non-hydrogen) atoms. The van der Waals surface area contributed by atoms with Crippen LogP contribution < -0.4 is 10.5 Å². The number of primary amides is 1. The molecule has 1 aromatic heterocycles. The molecule has 144 valence electrons. The van der Waals surface area contributed by atoms with E-state index in [2.05, 4.69) is 16.2 Å². The molecule has 2 aromatic carbocycles. The van der Waals surface area contributed by atoms with E-state index >= 15 is 0 Å². The van der Waals surface area contributed by atoms with Crippen molar-refractivity contribution >= 4 is 5.91 Å². The van der Waals surface area contributed by atoms with Gasteiger partial charge in [-0.3, -0.25) is 9.69 Å². The summed E-state index contributed by atoms with van der Waals surface area (Å²) in [6.45, 7) is 3.44. The number of para-hydroxylation sites is 1. The van der Waals surface area contributed by atoms with Crippen molar-refractivity contribution in [2.24, 2.45) is 5.73 Å². The predicted molar refractivity (Wildman–Crippen MR) is 103 cm³/mol. The number of hydrogen-bond acceptors (Lipinski definition) is 6. The van der Waals surface area contributed by atoms with Gasteiger partial charge in [0.2, 0.25) is 17.6 Å². The summed E-state index contributed by atoms with van der Waals surface area (Å²) in [5.74, 6) is 1.26. The van der Waals surface area contributed by atoms with Crippen LogP contribution in [0.15, 0.2) is 53.1 Å². The summed E-state index contributed by atoms with van der Waals surface area (Å²) in [5.41, 5.74) is 8.76. The average Bonchev–Trinajstić information content (AvgIpc) is 3.16. The van der Waals surface area contributed by atoms with Crippen LogP contribution >= 0.6 is 0 Å². The molecule has 2 N–H and O–H groups in total. The Balaban J connectivity index is 1.57. The van der Waals surface area contributed by atoms with Crippen LogP contribution in [-0.2, 0) is 24.3 Å². The van der Waals surface area contributed by atoms with Crippen molar-refractivity contribution in [1.29, 1.82) is 0 Å². The van der Waals surface area contributed by atoms with Crippen molar-refractivity contribution in [1.82, 2.24) is 15.0 Å². The highest BCUT2D eigenvalue weighted by atomic mass is 16.5. The first kappa shape index (κ1) is 18.2. The zero-order valence-electron chi connectivity index (χ0n) is 15.7. The number of carbonyl (C=O) groups is 1. The number of carbonyl (C=O) groups excluding carboxylic acids is 1. The Hall–Kier alpha value is -3.19. The lowest BCUT2D eigenvalue weighted by Gasteiger charge is -2.33. The molecule has 1 amide bonds. The molecule has 1 atom stereocenters. The van der Waals surface area contributed by atoms with Gasteiger partial charge < -0.3 is 15.0 Å². The van der Waals surface area contributed by atoms with E-state index in [1.807, 2.05) is 54.3 Å². The minimum atomic E-state index is -0.402. The number of aromatic nitrogens is 2. The molecule has 1 aliphatic rings. The number of ether oxygens (including phenoxy) is 1. The maximum absolute atomic E-state index is 12.0. The molecule has 0 radical (unpaired) electrons. The van der Waals surface area contributed by atoms with Crippen LogP contribution in [0.2, 0.25) is 0 Å². The smallest absolute Gasteiger partial charge is 0.241 e. The van der Waals surface area contributed by atoms with Crippen molar-refractivity contribution in [2.45, 2.75) is 32.5 Å². The minimum Gasteiger partial charge on any atom is -0.493 e. The molecule has 0 fully saturated rings. The molecule has 2 heterocycles. The zero-order chi connectivity index (χ0) is 19.5. The summed E-state index contributed by atoms with van der Waals surface area (Å²) in [6.07, 6.45) is 0.583. The summed E-state index contributed by atoms with van der Waals surface area (Å²) in [4.78, 5) is 18.5. The molecule has 0 aliphatic carbocycles. The van der Waals surface area contributed by atoms with Crippen LogP contribution in [0.25, 0.3) is 11.4 Å². The maximum Gasteiger partial charge on any atom is 0.241 e. The van der Waals surface area contributed by atoms with Gasteiger partial charge in [-0.1, -0.05) is 41.6 Å². The average molecular weight is 378 g/mol. The molecular weight excluding hydrogens is 356 g/mol. The van der Waals surface area contributed by atoms with Crippen molar-refractivity contribution < 1.29 is 14.1 Å². The first-order valence-corrected chi connectivity index (χ1v) is 9.30. The fourth-order valence-electron chi connectivity index (χ4n) is 3.56. The van der Waals surface area contributed by atoms with Crippen LogP contribution in [0.5, 0.6) is 5.75 Å². The van der Waals surface area contributed by atoms with E-state index in [0.717, 1.165) is 11.1 Å². The van der Waals surface area contributed by atoms with Crippen LogP contribution in [0, 0.1) is 0 Å². The number of nitrogens with two attached hydrogens (primary N) is 1. The van der Waals surface area contributed by atoms with Crippen molar-refractivity contribution in [3.63, 3.8) is 0 Å². The summed E-state index contributed by atoms with van der Waals surface area (Å²) in [5, 5.41) is 4.10. The third-order valence-electron chi connectivity index (χ3n) is 4.91. The highest BCUT2D eigenvalue weighted by Crippen LogP contribution is 2.29. The number of nitrogens with zero attached hydrogens (tertiary/aromatic N) is 3. The van der Waals surface area contributed by atoms with Gasteiger partial charge in [0.05, 0.1) is 24.8 Å². The van der Waals surface area contributed by atoms with Gasteiger partial charge >= 0.3 is 0 Å². The van der Waals surface area contributed by atoms with Crippen LogP contribution in [0.3, 0.4) is 0 Å². The molecule has 0 saturated heterocycles. The summed E-state index contributed by atoms with van der Waals surface area (Å²) >= 11 is 0. The Morgan fingerprint density at radius 1 is 1.21 bits per heavy atom. The Kier molecular flexibility index (Phi) is 5.08. The number of hydrogen-bond donors (Lipinski definition) is 1. The van der Waals surface area contributed by atoms with E-state index in [1.165, 1.54) is 5.56 Å². The molecule has 0 spiro atoms. The Labute approximate surface area is 163 Å². The number of benzene rings is 2. The van der Waals surface area contributed by atoms with E-state index in [9.17, 15) is 4.79 Å². The zero-order valence-corrected chi connectivity index (χ0v) is 15.7. The predicted octanol–water partition coefficient (Wildman–Crippen LogP) is 2.55. The van der Waals surface area contributed by atoms with E-state index in [4.69, 9.17) is 15.0 Å². The monoisotopic (exact) mass is 378 g/mol.